The van der Waals surface area contributed by atoms with E-state index >= 15 is 0 Å². The van der Waals surface area contributed by atoms with E-state index in [4.69, 9.17) is 4.74 Å². The molecule has 1 fully saturated rings. The van der Waals surface area contributed by atoms with Gasteiger partial charge in [0, 0.05) is 24.7 Å². The van der Waals surface area contributed by atoms with Crippen molar-refractivity contribution in [3.8, 4) is 0 Å². The summed E-state index contributed by atoms with van der Waals surface area (Å²) in [7, 11) is -3.81. The van der Waals surface area contributed by atoms with Crippen LogP contribution in [0.25, 0.3) is 0 Å². The molecule has 1 aliphatic heterocycles. The molecule has 9 heteroatoms. The van der Waals surface area contributed by atoms with Crippen LogP contribution in [0, 0.1) is 10.1 Å². The van der Waals surface area contributed by atoms with Crippen LogP contribution in [-0.4, -0.2) is 43.2 Å². The molecule has 2 aromatic carbocycles. The van der Waals surface area contributed by atoms with Crippen molar-refractivity contribution < 1.29 is 22.9 Å². The van der Waals surface area contributed by atoms with Crippen molar-refractivity contribution in [1.29, 1.82) is 0 Å². The third-order valence-electron chi connectivity index (χ3n) is 4.77. The fourth-order valence-electron chi connectivity index (χ4n) is 3.24. The van der Waals surface area contributed by atoms with Gasteiger partial charge in [0.05, 0.1) is 22.0 Å². The Bertz CT molecular complexity index is 1000. The number of nitro benzene ring substituents is 1. The Morgan fingerprint density at radius 2 is 1.79 bits per heavy atom. The van der Waals surface area contributed by atoms with E-state index in [1.165, 1.54) is 36.4 Å². The molecule has 0 aliphatic carbocycles. The summed E-state index contributed by atoms with van der Waals surface area (Å²) in [4.78, 5) is 24.8. The Morgan fingerprint density at radius 3 is 2.52 bits per heavy atom. The Kier molecular flexibility index (Phi) is 6.60. The maximum absolute atomic E-state index is 12.6. The predicted molar refractivity (Wildman–Crippen MR) is 106 cm³/mol. The van der Waals surface area contributed by atoms with Crippen LogP contribution in [0.15, 0.2) is 53.4 Å². The Labute approximate surface area is 169 Å². The summed E-state index contributed by atoms with van der Waals surface area (Å²) in [6.07, 6.45) is 2.99. The van der Waals surface area contributed by atoms with Gasteiger partial charge in [-0.05, 0) is 43.5 Å². The van der Waals surface area contributed by atoms with Crippen LogP contribution in [0.1, 0.15) is 35.2 Å². The number of hydrogen-bond donors (Lipinski definition) is 0. The van der Waals surface area contributed by atoms with E-state index in [1.54, 1.807) is 17.0 Å². The monoisotopic (exact) mass is 418 g/mol. The zero-order chi connectivity index (χ0) is 20.9. The van der Waals surface area contributed by atoms with Gasteiger partial charge in [0.1, 0.15) is 0 Å². The maximum atomic E-state index is 12.6. The minimum atomic E-state index is -3.81. The molecule has 0 radical (unpaired) electrons. The van der Waals surface area contributed by atoms with Gasteiger partial charge >= 0.3 is 0 Å². The first-order chi connectivity index (χ1) is 13.9. The summed E-state index contributed by atoms with van der Waals surface area (Å²) < 4.78 is 30.5. The normalized spacial score (nSPS) is 14.6. The molecule has 0 saturated carbocycles. The van der Waals surface area contributed by atoms with Crippen LogP contribution in [0.4, 0.5) is 5.69 Å². The third-order valence-corrected chi connectivity index (χ3v) is 6.22. The summed E-state index contributed by atoms with van der Waals surface area (Å²) in [5.74, 6) is -0.817. The highest BCUT2D eigenvalue weighted by atomic mass is 32.2. The zero-order valence-corrected chi connectivity index (χ0v) is 16.6. The summed E-state index contributed by atoms with van der Waals surface area (Å²) in [5.41, 5.74) is 0.493. The molecule has 1 aliphatic rings. The van der Waals surface area contributed by atoms with E-state index in [0.29, 0.717) is 24.2 Å². The highest BCUT2D eigenvalue weighted by molar-refractivity contribution is 7.91. The van der Waals surface area contributed by atoms with E-state index < -0.39 is 20.7 Å². The molecular formula is C20H22N2O6S. The second-order valence-corrected chi connectivity index (χ2v) is 8.78. The zero-order valence-electron chi connectivity index (χ0n) is 15.8. The molecule has 8 nitrogen and oxygen atoms in total. The molecule has 2 aromatic rings. The van der Waals surface area contributed by atoms with Gasteiger partial charge in [-0.25, -0.2) is 8.42 Å². The lowest BCUT2D eigenvalue weighted by atomic mass is 10.1. The molecule has 1 amide bonds. The second kappa shape index (κ2) is 9.15. The van der Waals surface area contributed by atoms with Crippen molar-refractivity contribution in [1.82, 2.24) is 4.90 Å². The van der Waals surface area contributed by atoms with E-state index in [1.807, 2.05) is 0 Å². The quantitative estimate of drug-likeness (QED) is 0.505. The third kappa shape index (κ3) is 5.18. The van der Waals surface area contributed by atoms with Crippen molar-refractivity contribution in [3.05, 3.63) is 69.8 Å². The topological polar surface area (TPSA) is 107 Å². The predicted octanol–water partition coefficient (Wildman–Crippen LogP) is 3.17. The smallest absolute Gasteiger partial charge is 0.274 e. The molecule has 1 saturated heterocycles. The summed E-state index contributed by atoms with van der Waals surface area (Å²) in [6, 6.07) is 11.9. The number of carbonyl (C=O) groups excluding carboxylic acids is 1. The van der Waals surface area contributed by atoms with E-state index in [9.17, 15) is 23.3 Å². The summed E-state index contributed by atoms with van der Waals surface area (Å²) in [6.45, 7) is 1.15. The van der Waals surface area contributed by atoms with Crippen LogP contribution in [-0.2, 0) is 21.2 Å². The van der Waals surface area contributed by atoms with Crippen molar-refractivity contribution >= 4 is 21.4 Å². The molecule has 0 bridgehead atoms. The fourth-order valence-corrected chi connectivity index (χ4v) is 4.27. The number of amides is 1. The number of hydrogen-bond acceptors (Lipinski definition) is 6. The average Bonchev–Trinajstić information content (AvgIpc) is 2.74. The molecule has 1 heterocycles. The van der Waals surface area contributed by atoms with Crippen molar-refractivity contribution in [2.75, 3.05) is 19.0 Å². The average molecular weight is 418 g/mol. The van der Waals surface area contributed by atoms with Gasteiger partial charge in [-0.15, -0.1) is 0 Å². The van der Waals surface area contributed by atoms with Crippen molar-refractivity contribution in [2.24, 2.45) is 0 Å². The standard InChI is InChI=1S/C20H22N2O6S/c23-20(21-11-4-1-5-12-21)16-8-6-9-18(13-16)29(26,27)15-28-14-17-7-2-3-10-19(17)22(24)25/h2-3,6-10,13H,1,4-5,11-12,14-15H2. The van der Waals surface area contributed by atoms with E-state index in [0.717, 1.165) is 19.3 Å². The SMILES string of the molecule is O=C(c1cccc(S(=O)(=O)COCc2ccccc2[N+](=O)[O-])c1)N1CCCCC1. The first kappa shape index (κ1) is 20.9. The molecular weight excluding hydrogens is 396 g/mol. The highest BCUT2D eigenvalue weighted by Gasteiger charge is 2.22. The van der Waals surface area contributed by atoms with Gasteiger partial charge in [0.25, 0.3) is 11.6 Å². The van der Waals surface area contributed by atoms with Gasteiger partial charge < -0.3 is 9.64 Å². The second-order valence-electron chi connectivity index (χ2n) is 6.85. The Balaban J connectivity index is 1.68. The number of piperidine rings is 1. The minimum absolute atomic E-state index is 0.0112. The van der Waals surface area contributed by atoms with E-state index in [2.05, 4.69) is 0 Å². The number of nitro groups is 1. The van der Waals surface area contributed by atoms with Crippen LogP contribution in [0.5, 0.6) is 0 Å². The molecule has 0 N–H and O–H groups in total. The number of nitrogens with zero attached hydrogens (tertiary/aromatic N) is 2. The summed E-state index contributed by atoms with van der Waals surface area (Å²) in [5, 5.41) is 11.0. The molecule has 154 valence electrons. The molecule has 0 spiro atoms. The van der Waals surface area contributed by atoms with Crippen LogP contribution >= 0.6 is 0 Å². The number of carbonyl (C=O) groups is 1. The fraction of sp³-hybridized carbons (Fsp3) is 0.350. The lowest BCUT2D eigenvalue weighted by molar-refractivity contribution is -0.385. The Morgan fingerprint density at radius 1 is 1.07 bits per heavy atom. The number of rotatable bonds is 7. The van der Waals surface area contributed by atoms with Gasteiger partial charge in [-0.2, -0.15) is 0 Å². The number of likely N-dealkylation sites (tertiary alicyclic amines) is 1. The van der Waals surface area contributed by atoms with Gasteiger partial charge in [-0.3, -0.25) is 14.9 Å². The highest BCUT2D eigenvalue weighted by Crippen LogP contribution is 2.21. The molecule has 0 aromatic heterocycles. The molecule has 29 heavy (non-hydrogen) atoms. The lowest BCUT2D eigenvalue weighted by Gasteiger charge is -2.26. The Hall–Kier alpha value is -2.78. The molecule has 0 atom stereocenters. The van der Waals surface area contributed by atoms with Crippen molar-refractivity contribution in [3.63, 3.8) is 0 Å². The maximum Gasteiger partial charge on any atom is 0.274 e. The lowest BCUT2D eigenvalue weighted by Crippen LogP contribution is -2.35. The van der Waals surface area contributed by atoms with Gasteiger partial charge in [-0.1, -0.05) is 18.2 Å². The largest absolute Gasteiger partial charge is 0.360 e. The van der Waals surface area contributed by atoms with Crippen LogP contribution < -0.4 is 0 Å². The molecule has 0 unspecified atom stereocenters. The molecule has 3 rings (SSSR count). The number of benzene rings is 2. The van der Waals surface area contributed by atoms with Crippen LogP contribution in [0.2, 0.25) is 0 Å². The minimum Gasteiger partial charge on any atom is -0.360 e. The van der Waals surface area contributed by atoms with Crippen molar-refractivity contribution in [2.45, 2.75) is 30.8 Å². The van der Waals surface area contributed by atoms with Crippen LogP contribution in [0.3, 0.4) is 0 Å². The van der Waals surface area contributed by atoms with Gasteiger partial charge in [0.15, 0.2) is 5.94 Å². The number of para-hydroxylation sites is 1. The van der Waals surface area contributed by atoms with Gasteiger partial charge in [0.2, 0.25) is 9.84 Å². The summed E-state index contributed by atoms with van der Waals surface area (Å²) >= 11 is 0. The first-order valence-electron chi connectivity index (χ1n) is 9.30. The first-order valence-corrected chi connectivity index (χ1v) is 11.0. The van der Waals surface area contributed by atoms with E-state index in [-0.39, 0.29) is 23.1 Å². The number of sulfone groups is 1. The number of ether oxygens (including phenoxy) is 1.